The number of nitrogens with zero attached hydrogens (tertiary/aromatic N) is 5. The standard InChI is InChI=1S/C19H23N7O2/c1-11(2)22-17-16-14(7-15(8-20)23-17)9-21-19(24-16)25-18(28)13-5-4-6-26(10-13)12(3)27/h7,9,11,13H,4-6,10H2,1-3H3,(H,22,23)(H,21,24,25,28). The van der Waals surface area contributed by atoms with Gasteiger partial charge in [0.15, 0.2) is 5.82 Å². The van der Waals surface area contributed by atoms with Gasteiger partial charge in [0, 0.05) is 37.6 Å². The highest BCUT2D eigenvalue weighted by molar-refractivity contribution is 5.94. The molecule has 2 aromatic heterocycles. The summed E-state index contributed by atoms with van der Waals surface area (Å²) in [5, 5.41) is 15.8. The van der Waals surface area contributed by atoms with Crippen molar-refractivity contribution in [2.24, 2.45) is 5.92 Å². The van der Waals surface area contributed by atoms with Gasteiger partial charge in [-0.05, 0) is 32.8 Å². The molecule has 28 heavy (non-hydrogen) atoms. The van der Waals surface area contributed by atoms with E-state index in [0.29, 0.717) is 29.8 Å². The molecule has 3 heterocycles. The predicted molar refractivity (Wildman–Crippen MR) is 104 cm³/mol. The topological polar surface area (TPSA) is 124 Å². The first-order valence-electron chi connectivity index (χ1n) is 9.28. The number of fused-ring (bicyclic) bond motifs is 1. The molecule has 146 valence electrons. The first kappa shape index (κ1) is 19.5. The largest absolute Gasteiger partial charge is 0.366 e. The Morgan fingerprint density at radius 2 is 2.14 bits per heavy atom. The zero-order valence-corrected chi connectivity index (χ0v) is 16.2. The van der Waals surface area contributed by atoms with Crippen molar-refractivity contribution in [1.82, 2.24) is 19.9 Å². The molecule has 0 radical (unpaired) electrons. The number of likely N-dealkylation sites (tertiary alicyclic amines) is 1. The monoisotopic (exact) mass is 381 g/mol. The molecule has 0 saturated carbocycles. The minimum absolute atomic E-state index is 0.0248. The third-order valence-electron chi connectivity index (χ3n) is 4.58. The lowest BCUT2D eigenvalue weighted by atomic mass is 9.97. The number of amides is 2. The molecule has 2 aromatic rings. The van der Waals surface area contributed by atoms with Crippen LogP contribution in [0.1, 0.15) is 39.3 Å². The molecule has 0 bridgehead atoms. The van der Waals surface area contributed by atoms with Crippen molar-refractivity contribution in [3.63, 3.8) is 0 Å². The number of aromatic nitrogens is 3. The Labute approximate surface area is 163 Å². The van der Waals surface area contributed by atoms with Gasteiger partial charge in [-0.2, -0.15) is 5.26 Å². The molecule has 9 heteroatoms. The number of anilines is 2. The molecule has 0 spiro atoms. The Balaban J connectivity index is 1.84. The minimum atomic E-state index is -0.288. The van der Waals surface area contributed by atoms with Gasteiger partial charge in [0.1, 0.15) is 17.3 Å². The molecule has 2 N–H and O–H groups in total. The van der Waals surface area contributed by atoms with Gasteiger partial charge < -0.3 is 10.2 Å². The number of pyridine rings is 1. The number of carbonyl (C=O) groups is 2. The molecule has 1 aliphatic rings. The fourth-order valence-corrected chi connectivity index (χ4v) is 3.22. The summed E-state index contributed by atoms with van der Waals surface area (Å²) in [6, 6.07) is 3.73. The average molecular weight is 381 g/mol. The molecule has 1 unspecified atom stereocenters. The van der Waals surface area contributed by atoms with E-state index in [4.69, 9.17) is 5.26 Å². The molecule has 1 saturated heterocycles. The first-order chi connectivity index (χ1) is 13.4. The molecule has 1 aliphatic heterocycles. The second kappa shape index (κ2) is 8.17. The van der Waals surface area contributed by atoms with E-state index in [1.54, 1.807) is 17.2 Å². The van der Waals surface area contributed by atoms with Gasteiger partial charge in [0.25, 0.3) is 0 Å². The van der Waals surface area contributed by atoms with Crippen molar-refractivity contribution in [3.05, 3.63) is 18.0 Å². The number of nitrogens with one attached hydrogen (secondary N) is 2. The van der Waals surface area contributed by atoms with E-state index in [0.717, 1.165) is 12.8 Å². The highest BCUT2D eigenvalue weighted by Crippen LogP contribution is 2.23. The fourth-order valence-electron chi connectivity index (χ4n) is 3.22. The summed E-state index contributed by atoms with van der Waals surface area (Å²) >= 11 is 0. The van der Waals surface area contributed by atoms with Crippen LogP contribution in [0, 0.1) is 17.2 Å². The van der Waals surface area contributed by atoms with Crippen molar-refractivity contribution in [3.8, 4) is 6.07 Å². The Morgan fingerprint density at radius 1 is 1.36 bits per heavy atom. The van der Waals surface area contributed by atoms with E-state index in [1.807, 2.05) is 19.9 Å². The summed E-state index contributed by atoms with van der Waals surface area (Å²) in [5.74, 6) is 0.135. The summed E-state index contributed by atoms with van der Waals surface area (Å²) in [7, 11) is 0. The number of piperidine rings is 1. The number of carbonyl (C=O) groups excluding carboxylic acids is 2. The molecule has 0 aliphatic carbocycles. The van der Waals surface area contributed by atoms with Crippen LogP contribution < -0.4 is 10.6 Å². The van der Waals surface area contributed by atoms with Gasteiger partial charge in [-0.15, -0.1) is 0 Å². The lowest BCUT2D eigenvalue weighted by Crippen LogP contribution is -2.42. The number of hydrogen-bond donors (Lipinski definition) is 2. The average Bonchev–Trinajstić information content (AvgIpc) is 2.67. The van der Waals surface area contributed by atoms with Gasteiger partial charge in [-0.1, -0.05) is 0 Å². The van der Waals surface area contributed by atoms with Gasteiger partial charge in [-0.3, -0.25) is 14.9 Å². The van der Waals surface area contributed by atoms with Gasteiger partial charge in [-0.25, -0.2) is 15.0 Å². The van der Waals surface area contributed by atoms with Crippen molar-refractivity contribution < 1.29 is 9.59 Å². The first-order valence-corrected chi connectivity index (χ1v) is 9.28. The second-order valence-corrected chi connectivity index (χ2v) is 7.19. The summed E-state index contributed by atoms with van der Waals surface area (Å²) in [4.78, 5) is 38.8. The molecule has 3 rings (SSSR count). The maximum Gasteiger partial charge on any atom is 0.231 e. The highest BCUT2D eigenvalue weighted by Gasteiger charge is 2.27. The van der Waals surface area contributed by atoms with E-state index < -0.39 is 0 Å². The van der Waals surface area contributed by atoms with E-state index >= 15 is 0 Å². The molecule has 9 nitrogen and oxygen atoms in total. The van der Waals surface area contributed by atoms with Crippen LogP contribution in [0.2, 0.25) is 0 Å². The van der Waals surface area contributed by atoms with Crippen molar-refractivity contribution >= 4 is 34.5 Å². The maximum absolute atomic E-state index is 12.6. The third-order valence-corrected chi connectivity index (χ3v) is 4.58. The molecule has 1 atom stereocenters. The summed E-state index contributed by atoms with van der Waals surface area (Å²) in [5.41, 5.74) is 0.801. The van der Waals surface area contributed by atoms with Crippen LogP contribution in [0.15, 0.2) is 12.3 Å². The fraction of sp³-hybridized carbons (Fsp3) is 0.474. The smallest absolute Gasteiger partial charge is 0.231 e. The van der Waals surface area contributed by atoms with Gasteiger partial charge in [0.05, 0.1) is 5.92 Å². The Morgan fingerprint density at radius 3 is 2.82 bits per heavy atom. The van der Waals surface area contributed by atoms with E-state index in [-0.39, 0.29) is 35.4 Å². The third kappa shape index (κ3) is 4.34. The molecule has 0 aromatic carbocycles. The quantitative estimate of drug-likeness (QED) is 0.829. The molecule has 2 amide bonds. The number of rotatable bonds is 4. The number of hydrogen-bond acceptors (Lipinski definition) is 7. The zero-order valence-electron chi connectivity index (χ0n) is 16.2. The van der Waals surface area contributed by atoms with Crippen LogP contribution in [0.4, 0.5) is 11.8 Å². The lowest BCUT2D eigenvalue weighted by molar-refractivity contribution is -0.132. The van der Waals surface area contributed by atoms with E-state index in [1.165, 1.54) is 6.92 Å². The predicted octanol–water partition coefficient (Wildman–Crippen LogP) is 1.91. The summed E-state index contributed by atoms with van der Waals surface area (Å²) in [6.07, 6.45) is 3.07. The van der Waals surface area contributed by atoms with Gasteiger partial charge in [0.2, 0.25) is 17.8 Å². The van der Waals surface area contributed by atoms with Crippen LogP contribution >= 0.6 is 0 Å². The van der Waals surface area contributed by atoms with Crippen LogP contribution in [0.25, 0.3) is 10.9 Å². The van der Waals surface area contributed by atoms with Crippen molar-refractivity contribution in [2.75, 3.05) is 23.7 Å². The highest BCUT2D eigenvalue weighted by atomic mass is 16.2. The zero-order chi connectivity index (χ0) is 20.3. The van der Waals surface area contributed by atoms with E-state index in [9.17, 15) is 9.59 Å². The summed E-state index contributed by atoms with van der Waals surface area (Å²) < 4.78 is 0. The Kier molecular flexibility index (Phi) is 5.68. The normalized spacial score (nSPS) is 16.7. The minimum Gasteiger partial charge on any atom is -0.366 e. The van der Waals surface area contributed by atoms with E-state index in [2.05, 4.69) is 25.6 Å². The molecular weight excluding hydrogens is 358 g/mol. The molecular formula is C19H23N7O2. The van der Waals surface area contributed by atoms with Crippen LogP contribution in [-0.4, -0.2) is 50.8 Å². The van der Waals surface area contributed by atoms with Gasteiger partial charge >= 0.3 is 0 Å². The second-order valence-electron chi connectivity index (χ2n) is 7.19. The Hall–Kier alpha value is -3.28. The summed E-state index contributed by atoms with van der Waals surface area (Å²) in [6.45, 7) is 6.52. The SMILES string of the molecule is CC(=O)N1CCCC(C(=O)Nc2ncc3cc(C#N)nc(NC(C)C)c3n2)C1. The maximum atomic E-state index is 12.6. The van der Waals surface area contributed by atoms with Crippen LogP contribution in [-0.2, 0) is 9.59 Å². The van der Waals surface area contributed by atoms with Crippen LogP contribution in [0.5, 0.6) is 0 Å². The van der Waals surface area contributed by atoms with Crippen molar-refractivity contribution in [2.45, 2.75) is 39.7 Å². The number of nitriles is 1. The van der Waals surface area contributed by atoms with Crippen LogP contribution in [0.3, 0.4) is 0 Å². The lowest BCUT2D eigenvalue weighted by Gasteiger charge is -2.31. The molecule has 1 fully saturated rings. The Bertz CT molecular complexity index is 951. The van der Waals surface area contributed by atoms with Crippen molar-refractivity contribution in [1.29, 1.82) is 5.26 Å².